The third kappa shape index (κ3) is 4.57. The minimum Gasteiger partial charge on any atom is -0.465 e. The first-order valence-electron chi connectivity index (χ1n) is 11.6. The van der Waals surface area contributed by atoms with E-state index in [4.69, 9.17) is 4.74 Å². The SMILES string of the molecule is O=C1O/C(=C\c2ccc(F)c(C(=O)N3CC[C@@H](N(Cc4ccccc4)C(=O)O)C3)c2)c2ccccc21. The highest BCUT2D eigenvalue weighted by atomic mass is 19.1. The zero-order valence-corrected chi connectivity index (χ0v) is 19.3. The summed E-state index contributed by atoms with van der Waals surface area (Å²) in [5.74, 6) is -1.31. The molecule has 7 nitrogen and oxygen atoms in total. The summed E-state index contributed by atoms with van der Waals surface area (Å²) in [6, 6.07) is 19.9. The largest absolute Gasteiger partial charge is 0.465 e. The molecule has 3 aromatic rings. The summed E-state index contributed by atoms with van der Waals surface area (Å²) in [6.07, 6.45) is 0.992. The summed E-state index contributed by atoms with van der Waals surface area (Å²) >= 11 is 0. The van der Waals surface area contributed by atoms with Crippen LogP contribution in [0.1, 0.15) is 43.8 Å². The maximum Gasteiger partial charge on any atom is 0.407 e. The number of nitrogens with zero attached hydrogens (tertiary/aromatic N) is 2. The smallest absolute Gasteiger partial charge is 0.407 e. The first-order valence-corrected chi connectivity index (χ1v) is 11.6. The quantitative estimate of drug-likeness (QED) is 0.519. The van der Waals surface area contributed by atoms with Crippen LogP contribution in [0.15, 0.2) is 72.8 Å². The van der Waals surface area contributed by atoms with Crippen LogP contribution in [0.25, 0.3) is 11.8 Å². The number of hydrogen-bond acceptors (Lipinski definition) is 4. The molecule has 2 aliphatic rings. The number of carbonyl (C=O) groups excluding carboxylic acids is 2. The molecular weight excluding hydrogens is 463 g/mol. The number of hydrogen-bond donors (Lipinski definition) is 1. The predicted molar refractivity (Wildman–Crippen MR) is 130 cm³/mol. The number of fused-ring (bicyclic) bond motifs is 1. The zero-order chi connectivity index (χ0) is 25.2. The zero-order valence-electron chi connectivity index (χ0n) is 19.3. The molecular formula is C28H23FN2O5. The fraction of sp³-hybridized carbons (Fsp3) is 0.179. The number of rotatable bonds is 5. The van der Waals surface area contributed by atoms with Gasteiger partial charge < -0.3 is 14.7 Å². The summed E-state index contributed by atoms with van der Waals surface area (Å²) in [6.45, 7) is 0.700. The summed E-state index contributed by atoms with van der Waals surface area (Å²) in [5, 5.41) is 9.76. The van der Waals surface area contributed by atoms with E-state index in [1.807, 2.05) is 30.3 Å². The van der Waals surface area contributed by atoms with E-state index < -0.39 is 29.8 Å². The van der Waals surface area contributed by atoms with Crippen LogP contribution in [-0.2, 0) is 11.3 Å². The Hall–Kier alpha value is -4.46. The van der Waals surface area contributed by atoms with E-state index in [0.29, 0.717) is 35.4 Å². The fourth-order valence-corrected chi connectivity index (χ4v) is 4.63. The van der Waals surface area contributed by atoms with Gasteiger partial charge in [0.15, 0.2) is 0 Å². The standard InChI is InChI=1S/C28H23FN2O5/c29-24-11-10-19(15-25-21-8-4-5-9-22(21)27(33)36-25)14-23(24)26(32)30-13-12-20(17-30)31(28(34)35)16-18-6-2-1-3-7-18/h1-11,14-15,20H,12-13,16-17H2,(H,34,35)/b25-15-/t20-/m1/s1. The molecule has 0 unspecified atom stereocenters. The average Bonchev–Trinajstić information content (AvgIpc) is 3.49. The highest BCUT2D eigenvalue weighted by molar-refractivity contribution is 6.05. The van der Waals surface area contributed by atoms with Gasteiger partial charge in [-0.2, -0.15) is 0 Å². The van der Waals surface area contributed by atoms with E-state index >= 15 is 0 Å². The second-order valence-electron chi connectivity index (χ2n) is 8.77. The Bertz CT molecular complexity index is 1370. The Balaban J connectivity index is 1.34. The Kier molecular flexibility index (Phi) is 6.25. The van der Waals surface area contributed by atoms with Crippen molar-refractivity contribution in [2.24, 2.45) is 0 Å². The van der Waals surface area contributed by atoms with Crippen molar-refractivity contribution in [1.82, 2.24) is 9.80 Å². The van der Waals surface area contributed by atoms with Gasteiger partial charge >= 0.3 is 12.1 Å². The van der Waals surface area contributed by atoms with Crippen molar-refractivity contribution < 1.29 is 28.6 Å². The normalized spacial score (nSPS) is 17.7. The molecule has 0 aromatic heterocycles. The van der Waals surface area contributed by atoms with Crippen molar-refractivity contribution in [3.05, 3.63) is 106 Å². The first kappa shape index (κ1) is 23.3. The van der Waals surface area contributed by atoms with Gasteiger partial charge in [-0.3, -0.25) is 9.69 Å². The number of likely N-dealkylation sites (tertiary alicyclic amines) is 1. The lowest BCUT2D eigenvalue weighted by Gasteiger charge is -2.26. The van der Waals surface area contributed by atoms with Gasteiger partial charge in [0.2, 0.25) is 0 Å². The molecule has 5 rings (SSSR count). The molecule has 3 aromatic carbocycles. The lowest BCUT2D eigenvalue weighted by atomic mass is 10.0. The van der Waals surface area contributed by atoms with Crippen molar-refractivity contribution in [3.63, 3.8) is 0 Å². The Morgan fingerprint density at radius 3 is 2.53 bits per heavy atom. The molecule has 0 bridgehead atoms. The Labute approximate surface area is 207 Å². The Morgan fingerprint density at radius 1 is 1.06 bits per heavy atom. The lowest BCUT2D eigenvalue weighted by Crippen LogP contribution is -2.41. The maximum atomic E-state index is 14.7. The highest BCUT2D eigenvalue weighted by Crippen LogP contribution is 2.31. The molecule has 36 heavy (non-hydrogen) atoms. The van der Waals surface area contributed by atoms with Gasteiger partial charge in [-0.15, -0.1) is 0 Å². The second kappa shape index (κ2) is 9.65. The van der Waals surface area contributed by atoms with E-state index in [2.05, 4.69) is 0 Å². The van der Waals surface area contributed by atoms with Crippen LogP contribution in [0.4, 0.5) is 9.18 Å². The minimum atomic E-state index is -1.07. The Morgan fingerprint density at radius 2 is 1.78 bits per heavy atom. The molecule has 2 amide bonds. The van der Waals surface area contributed by atoms with Gasteiger partial charge in [0.25, 0.3) is 5.91 Å². The van der Waals surface area contributed by atoms with E-state index in [-0.39, 0.29) is 18.7 Å². The van der Waals surface area contributed by atoms with Crippen LogP contribution < -0.4 is 0 Å². The summed E-state index contributed by atoms with van der Waals surface area (Å²) in [5.41, 5.74) is 2.32. The molecule has 1 saturated heterocycles. The molecule has 0 saturated carbocycles. The van der Waals surface area contributed by atoms with Crippen LogP contribution in [0.2, 0.25) is 0 Å². The van der Waals surface area contributed by atoms with Gasteiger partial charge in [-0.1, -0.05) is 54.6 Å². The third-order valence-electron chi connectivity index (χ3n) is 6.47. The van der Waals surface area contributed by atoms with Crippen molar-refractivity contribution in [3.8, 4) is 0 Å². The summed E-state index contributed by atoms with van der Waals surface area (Å²) in [4.78, 5) is 40.0. The van der Waals surface area contributed by atoms with Gasteiger partial charge in [0.05, 0.1) is 17.2 Å². The number of carbonyl (C=O) groups is 3. The van der Waals surface area contributed by atoms with Gasteiger partial charge in [0, 0.05) is 25.2 Å². The summed E-state index contributed by atoms with van der Waals surface area (Å²) < 4.78 is 20.1. The monoisotopic (exact) mass is 486 g/mol. The minimum absolute atomic E-state index is 0.118. The van der Waals surface area contributed by atoms with Crippen LogP contribution in [0.3, 0.4) is 0 Å². The molecule has 2 aliphatic heterocycles. The van der Waals surface area contributed by atoms with Crippen molar-refractivity contribution in [2.75, 3.05) is 13.1 Å². The van der Waals surface area contributed by atoms with E-state index in [1.165, 1.54) is 28.0 Å². The second-order valence-corrected chi connectivity index (χ2v) is 8.77. The van der Waals surface area contributed by atoms with Crippen LogP contribution in [0, 0.1) is 5.82 Å². The average molecular weight is 486 g/mol. The molecule has 1 N–H and O–H groups in total. The number of carboxylic acid groups (broad SMARTS) is 1. The van der Waals surface area contributed by atoms with E-state index in [0.717, 1.165) is 5.56 Å². The predicted octanol–water partition coefficient (Wildman–Crippen LogP) is 4.89. The number of amides is 2. The molecule has 1 fully saturated rings. The molecule has 0 spiro atoms. The number of cyclic esters (lactones) is 1. The van der Waals surface area contributed by atoms with Crippen LogP contribution >= 0.6 is 0 Å². The van der Waals surface area contributed by atoms with Gasteiger partial charge in [-0.05, 0) is 41.8 Å². The van der Waals surface area contributed by atoms with Crippen molar-refractivity contribution in [1.29, 1.82) is 0 Å². The first-order chi connectivity index (χ1) is 17.4. The third-order valence-corrected chi connectivity index (χ3v) is 6.47. The molecule has 0 radical (unpaired) electrons. The number of esters is 1. The van der Waals surface area contributed by atoms with Crippen LogP contribution in [-0.4, -0.2) is 52.0 Å². The van der Waals surface area contributed by atoms with Crippen LogP contribution in [0.5, 0.6) is 0 Å². The lowest BCUT2D eigenvalue weighted by molar-refractivity contribution is 0.0715. The molecule has 2 heterocycles. The molecule has 182 valence electrons. The van der Waals surface area contributed by atoms with Gasteiger partial charge in [-0.25, -0.2) is 14.0 Å². The molecule has 8 heteroatoms. The van der Waals surface area contributed by atoms with Crippen molar-refractivity contribution in [2.45, 2.75) is 19.0 Å². The summed E-state index contributed by atoms with van der Waals surface area (Å²) in [7, 11) is 0. The molecule has 0 aliphatic carbocycles. The topological polar surface area (TPSA) is 87.2 Å². The van der Waals surface area contributed by atoms with Gasteiger partial charge in [0.1, 0.15) is 11.6 Å². The van der Waals surface area contributed by atoms with E-state index in [9.17, 15) is 23.9 Å². The molecule has 1 atom stereocenters. The van der Waals surface area contributed by atoms with E-state index in [1.54, 1.807) is 30.3 Å². The fourth-order valence-electron chi connectivity index (χ4n) is 4.63. The number of ether oxygens (including phenoxy) is 1. The number of halogens is 1. The highest BCUT2D eigenvalue weighted by Gasteiger charge is 2.34. The maximum absolute atomic E-state index is 14.7. The number of benzene rings is 3. The van der Waals surface area contributed by atoms with Crippen molar-refractivity contribution >= 4 is 29.8 Å².